The van der Waals surface area contributed by atoms with Gasteiger partial charge in [-0.25, -0.2) is 8.42 Å². The van der Waals surface area contributed by atoms with Gasteiger partial charge in [-0.1, -0.05) is 41.9 Å². The summed E-state index contributed by atoms with van der Waals surface area (Å²) in [7, 11) is -3.29. The van der Waals surface area contributed by atoms with Crippen LogP contribution in [-0.2, 0) is 29.4 Å². The Balaban J connectivity index is 1.56. The van der Waals surface area contributed by atoms with E-state index < -0.39 is 10.0 Å². The molecule has 2 heterocycles. The van der Waals surface area contributed by atoms with Gasteiger partial charge in [0, 0.05) is 41.1 Å². The third-order valence-electron chi connectivity index (χ3n) is 4.79. The van der Waals surface area contributed by atoms with E-state index in [2.05, 4.69) is 4.98 Å². The fourth-order valence-corrected chi connectivity index (χ4v) is 5.04. The Hall–Kier alpha value is -1.82. The van der Waals surface area contributed by atoms with Crippen LogP contribution in [0.15, 0.2) is 48.5 Å². The molecule has 0 bridgehead atoms. The van der Waals surface area contributed by atoms with E-state index >= 15 is 0 Å². The van der Waals surface area contributed by atoms with E-state index in [9.17, 15) is 8.42 Å². The molecule has 6 heteroatoms. The van der Waals surface area contributed by atoms with Gasteiger partial charge in [-0.3, -0.25) is 0 Å². The van der Waals surface area contributed by atoms with Gasteiger partial charge in [0.15, 0.2) is 0 Å². The lowest BCUT2D eigenvalue weighted by atomic mass is 10.1. The molecule has 1 aliphatic heterocycles. The van der Waals surface area contributed by atoms with Crippen molar-refractivity contribution in [1.29, 1.82) is 0 Å². The summed E-state index contributed by atoms with van der Waals surface area (Å²) in [6.07, 6.45) is 1.23. The molecule has 0 amide bonds. The number of nitrogens with zero attached hydrogens (tertiary/aromatic N) is 1. The number of rotatable bonds is 4. The zero-order valence-corrected chi connectivity index (χ0v) is 15.3. The van der Waals surface area contributed by atoms with Crippen molar-refractivity contribution in [3.05, 3.63) is 70.4 Å². The van der Waals surface area contributed by atoms with E-state index in [1.54, 1.807) is 4.31 Å². The average Bonchev–Trinajstić information content (AvgIpc) is 2.98. The molecule has 3 aromatic rings. The van der Waals surface area contributed by atoms with Crippen LogP contribution < -0.4 is 0 Å². The highest BCUT2D eigenvalue weighted by Gasteiger charge is 2.28. The number of sulfonamides is 1. The molecule has 0 atom stereocenters. The number of nitrogens with one attached hydrogen (secondary N) is 1. The molecule has 2 aromatic carbocycles. The molecule has 1 N–H and O–H groups in total. The second-order valence-corrected chi connectivity index (χ2v) is 8.93. The fraction of sp³-hybridized carbons (Fsp3) is 0.263. The zero-order valence-electron chi connectivity index (χ0n) is 13.7. The molecule has 0 radical (unpaired) electrons. The molecule has 4 rings (SSSR count). The molecule has 1 aromatic heterocycles. The molecule has 0 saturated carbocycles. The minimum absolute atomic E-state index is 0.134. The Bertz CT molecular complexity index is 1010. The third-order valence-corrected chi connectivity index (χ3v) is 6.84. The molecule has 4 nitrogen and oxygen atoms in total. The van der Waals surface area contributed by atoms with E-state index in [-0.39, 0.29) is 5.75 Å². The second-order valence-electron chi connectivity index (χ2n) is 6.41. The minimum atomic E-state index is -3.29. The minimum Gasteiger partial charge on any atom is -0.358 e. The SMILES string of the molecule is O=S(=O)(CCc1ccccc1)N1CCc2[nH]c3ccc(Cl)cc3c2C1. The highest BCUT2D eigenvalue weighted by Crippen LogP contribution is 2.30. The molecule has 0 spiro atoms. The molecule has 0 saturated heterocycles. The second kappa shape index (κ2) is 6.48. The molecule has 0 unspecified atom stereocenters. The van der Waals surface area contributed by atoms with Crippen molar-refractivity contribution >= 4 is 32.5 Å². The molecule has 1 aliphatic rings. The Kier molecular flexibility index (Phi) is 4.31. The standard InChI is InChI=1S/C19H19ClN2O2S/c20-15-6-7-18-16(12-15)17-13-22(10-8-19(17)21-18)25(23,24)11-9-14-4-2-1-3-5-14/h1-7,12,21H,8-11,13H2. The lowest BCUT2D eigenvalue weighted by Crippen LogP contribution is -2.37. The van der Waals surface area contributed by atoms with Gasteiger partial charge >= 0.3 is 0 Å². The van der Waals surface area contributed by atoms with Crippen molar-refractivity contribution in [2.24, 2.45) is 0 Å². The maximum absolute atomic E-state index is 12.8. The summed E-state index contributed by atoms with van der Waals surface area (Å²) in [6.45, 7) is 0.928. The molecular formula is C19H19ClN2O2S. The van der Waals surface area contributed by atoms with Crippen molar-refractivity contribution in [2.45, 2.75) is 19.4 Å². The number of aromatic nitrogens is 1. The largest absolute Gasteiger partial charge is 0.358 e. The van der Waals surface area contributed by atoms with E-state index in [0.29, 0.717) is 31.0 Å². The van der Waals surface area contributed by atoms with Gasteiger partial charge in [0.1, 0.15) is 0 Å². The van der Waals surface area contributed by atoms with Crippen LogP contribution >= 0.6 is 11.6 Å². The first-order chi connectivity index (χ1) is 12.0. The van der Waals surface area contributed by atoms with Crippen LogP contribution in [0.1, 0.15) is 16.8 Å². The van der Waals surface area contributed by atoms with Crippen LogP contribution in [0.4, 0.5) is 0 Å². The topological polar surface area (TPSA) is 53.2 Å². The lowest BCUT2D eigenvalue weighted by molar-refractivity contribution is 0.391. The Morgan fingerprint density at radius 1 is 1.12 bits per heavy atom. The Labute approximate surface area is 152 Å². The number of H-pyrrole nitrogens is 1. The number of benzene rings is 2. The smallest absolute Gasteiger partial charge is 0.214 e. The molecule has 0 aliphatic carbocycles. The van der Waals surface area contributed by atoms with Gasteiger partial charge in [0.25, 0.3) is 0 Å². The van der Waals surface area contributed by atoms with Crippen LogP contribution in [0.3, 0.4) is 0 Å². The van der Waals surface area contributed by atoms with Gasteiger partial charge in [-0.2, -0.15) is 4.31 Å². The van der Waals surface area contributed by atoms with Crippen LogP contribution in [0.2, 0.25) is 5.02 Å². The van der Waals surface area contributed by atoms with Crippen LogP contribution in [0, 0.1) is 0 Å². The number of hydrogen-bond donors (Lipinski definition) is 1. The molecule has 0 fully saturated rings. The lowest BCUT2D eigenvalue weighted by Gasteiger charge is -2.26. The fourth-order valence-electron chi connectivity index (χ4n) is 3.42. The van der Waals surface area contributed by atoms with Gasteiger partial charge in [0.2, 0.25) is 10.0 Å². The zero-order chi connectivity index (χ0) is 17.4. The van der Waals surface area contributed by atoms with E-state index in [4.69, 9.17) is 11.6 Å². The summed E-state index contributed by atoms with van der Waals surface area (Å²) in [4.78, 5) is 3.39. The van der Waals surface area contributed by atoms with Crippen LogP contribution in [-0.4, -0.2) is 30.0 Å². The maximum Gasteiger partial charge on any atom is 0.214 e. The van der Waals surface area contributed by atoms with Crippen LogP contribution in [0.5, 0.6) is 0 Å². The van der Waals surface area contributed by atoms with Gasteiger partial charge in [0.05, 0.1) is 5.75 Å². The summed E-state index contributed by atoms with van der Waals surface area (Å²) in [5, 5.41) is 1.68. The molecule has 25 heavy (non-hydrogen) atoms. The highest BCUT2D eigenvalue weighted by molar-refractivity contribution is 7.89. The quantitative estimate of drug-likeness (QED) is 0.756. The van der Waals surface area contributed by atoms with Gasteiger partial charge in [-0.05, 0) is 35.7 Å². The van der Waals surface area contributed by atoms with Gasteiger partial charge < -0.3 is 4.98 Å². The number of fused-ring (bicyclic) bond motifs is 3. The predicted octanol–water partition coefficient (Wildman–Crippen LogP) is 3.75. The summed E-state index contributed by atoms with van der Waals surface area (Å²) in [5.74, 6) is 0.134. The maximum atomic E-state index is 12.8. The number of halogens is 1. The molecular weight excluding hydrogens is 356 g/mol. The first-order valence-electron chi connectivity index (χ1n) is 8.34. The van der Waals surface area contributed by atoms with E-state index in [1.807, 2.05) is 48.5 Å². The van der Waals surface area contributed by atoms with Crippen molar-refractivity contribution in [3.8, 4) is 0 Å². The summed E-state index contributed by atoms with van der Waals surface area (Å²) in [6, 6.07) is 15.4. The van der Waals surface area contributed by atoms with Gasteiger partial charge in [-0.15, -0.1) is 0 Å². The average molecular weight is 375 g/mol. The number of hydrogen-bond acceptors (Lipinski definition) is 2. The van der Waals surface area contributed by atoms with E-state index in [1.165, 1.54) is 0 Å². The number of aryl methyl sites for hydroxylation is 1. The monoisotopic (exact) mass is 374 g/mol. The van der Waals surface area contributed by atoms with Crippen LogP contribution in [0.25, 0.3) is 10.9 Å². The van der Waals surface area contributed by atoms with Crippen molar-refractivity contribution in [2.75, 3.05) is 12.3 Å². The predicted molar refractivity (Wildman–Crippen MR) is 101 cm³/mol. The molecule has 130 valence electrons. The third kappa shape index (κ3) is 3.32. The summed E-state index contributed by atoms with van der Waals surface area (Å²) < 4.78 is 27.2. The Morgan fingerprint density at radius 3 is 2.72 bits per heavy atom. The number of aromatic amines is 1. The summed E-state index contributed by atoms with van der Waals surface area (Å²) >= 11 is 6.12. The van der Waals surface area contributed by atoms with Crippen molar-refractivity contribution in [1.82, 2.24) is 9.29 Å². The Morgan fingerprint density at radius 2 is 1.92 bits per heavy atom. The first kappa shape index (κ1) is 16.6. The summed E-state index contributed by atoms with van der Waals surface area (Å²) in [5.41, 5.74) is 4.22. The van der Waals surface area contributed by atoms with Crippen molar-refractivity contribution in [3.63, 3.8) is 0 Å². The normalized spacial score (nSPS) is 15.4. The highest BCUT2D eigenvalue weighted by atomic mass is 35.5. The van der Waals surface area contributed by atoms with Crippen molar-refractivity contribution < 1.29 is 8.42 Å². The first-order valence-corrected chi connectivity index (χ1v) is 10.3. The van der Waals surface area contributed by atoms with E-state index in [0.717, 1.165) is 27.7 Å².